The minimum Gasteiger partial charge on any atom is -0.481 e. The monoisotopic (exact) mass is 205 g/mol. The highest BCUT2D eigenvalue weighted by Gasteiger charge is 2.07. The number of methoxy groups -OCH3 is 1. The molecule has 15 heavy (non-hydrogen) atoms. The molecule has 2 rings (SSSR count). The first-order valence-electron chi connectivity index (χ1n) is 5.15. The molecule has 2 heterocycles. The van der Waals surface area contributed by atoms with Gasteiger partial charge in [0.25, 0.3) is 0 Å². The molecule has 0 radical (unpaired) electrons. The Morgan fingerprint density at radius 2 is 2.47 bits per heavy atom. The zero-order chi connectivity index (χ0) is 10.5. The lowest BCUT2D eigenvalue weighted by atomic mass is 10.2. The summed E-state index contributed by atoms with van der Waals surface area (Å²) in [6.07, 6.45) is 3.95. The Labute approximate surface area is 89.4 Å². The fourth-order valence-electron chi connectivity index (χ4n) is 1.62. The van der Waals surface area contributed by atoms with Gasteiger partial charge in [0.15, 0.2) is 0 Å². The van der Waals surface area contributed by atoms with E-state index >= 15 is 0 Å². The van der Waals surface area contributed by atoms with Gasteiger partial charge < -0.3 is 10.1 Å². The molecular weight excluding hydrogens is 190 g/mol. The Hall–Kier alpha value is -1.58. The maximum Gasteiger partial charge on any atom is 0.218 e. The number of nitrogens with one attached hydrogen (secondary N) is 1. The molecule has 1 aliphatic rings. The summed E-state index contributed by atoms with van der Waals surface area (Å²) < 4.78 is 5.17. The predicted molar refractivity (Wildman–Crippen MR) is 59.2 cm³/mol. The predicted octanol–water partition coefficient (Wildman–Crippen LogP) is 1.37. The summed E-state index contributed by atoms with van der Waals surface area (Å²) in [5.41, 5.74) is 1.06. The number of nitrogens with zero attached hydrogens (tertiary/aromatic N) is 2. The van der Waals surface area contributed by atoms with Crippen LogP contribution in [0, 0.1) is 0 Å². The molecule has 0 aromatic carbocycles. The van der Waals surface area contributed by atoms with E-state index in [1.807, 2.05) is 12.1 Å². The molecule has 1 N–H and O–H groups in total. The van der Waals surface area contributed by atoms with Gasteiger partial charge in [0.05, 0.1) is 12.9 Å². The Bertz CT molecular complexity index is 363. The van der Waals surface area contributed by atoms with Crippen molar-refractivity contribution in [3.05, 3.63) is 23.9 Å². The van der Waals surface area contributed by atoms with E-state index in [0.717, 1.165) is 37.3 Å². The molecule has 0 amide bonds. The van der Waals surface area contributed by atoms with E-state index in [2.05, 4.69) is 15.3 Å². The van der Waals surface area contributed by atoms with Crippen molar-refractivity contribution in [3.8, 4) is 5.88 Å². The summed E-state index contributed by atoms with van der Waals surface area (Å²) in [5, 5.41) is 3.30. The summed E-state index contributed by atoms with van der Waals surface area (Å²) in [5.74, 6) is 1.78. The van der Waals surface area contributed by atoms with Gasteiger partial charge in [-0.2, -0.15) is 0 Å². The quantitative estimate of drug-likeness (QED) is 0.810. The molecule has 0 aliphatic carbocycles. The van der Waals surface area contributed by atoms with Gasteiger partial charge in [0.1, 0.15) is 0 Å². The highest BCUT2D eigenvalue weighted by Crippen LogP contribution is 2.13. The number of amidine groups is 1. The van der Waals surface area contributed by atoms with E-state index in [1.54, 1.807) is 13.3 Å². The van der Waals surface area contributed by atoms with Crippen molar-refractivity contribution in [2.45, 2.75) is 19.4 Å². The van der Waals surface area contributed by atoms with Crippen LogP contribution in [0.25, 0.3) is 0 Å². The maximum atomic E-state index is 5.17. The Kier molecular flexibility index (Phi) is 3.17. The van der Waals surface area contributed by atoms with Crippen molar-refractivity contribution >= 4 is 5.84 Å². The van der Waals surface area contributed by atoms with Gasteiger partial charge in [0, 0.05) is 31.3 Å². The highest BCUT2D eigenvalue weighted by atomic mass is 16.5. The average Bonchev–Trinajstić information content (AvgIpc) is 2.79. The van der Waals surface area contributed by atoms with Crippen LogP contribution in [-0.2, 0) is 6.54 Å². The number of hydrogen-bond acceptors (Lipinski definition) is 4. The lowest BCUT2D eigenvalue weighted by molar-refractivity contribution is 0.392. The summed E-state index contributed by atoms with van der Waals surface area (Å²) in [6, 6.07) is 3.92. The SMILES string of the molecule is COc1ncccc1CNC1=NCCC1. The zero-order valence-electron chi connectivity index (χ0n) is 8.86. The molecule has 80 valence electrons. The van der Waals surface area contributed by atoms with E-state index < -0.39 is 0 Å². The fraction of sp³-hybridized carbons (Fsp3) is 0.455. The summed E-state index contributed by atoms with van der Waals surface area (Å²) >= 11 is 0. The molecule has 1 aliphatic heterocycles. The van der Waals surface area contributed by atoms with Gasteiger partial charge in [-0.3, -0.25) is 4.99 Å². The fourth-order valence-corrected chi connectivity index (χ4v) is 1.62. The Morgan fingerprint density at radius 1 is 1.53 bits per heavy atom. The first-order valence-corrected chi connectivity index (χ1v) is 5.15. The second-order valence-corrected chi connectivity index (χ2v) is 3.46. The van der Waals surface area contributed by atoms with Crippen molar-refractivity contribution in [2.75, 3.05) is 13.7 Å². The summed E-state index contributed by atoms with van der Waals surface area (Å²) in [7, 11) is 1.64. The Balaban J connectivity index is 1.97. The van der Waals surface area contributed by atoms with Gasteiger partial charge in [-0.1, -0.05) is 6.07 Å². The molecule has 4 nitrogen and oxygen atoms in total. The molecule has 4 heteroatoms. The largest absolute Gasteiger partial charge is 0.481 e. The van der Waals surface area contributed by atoms with Gasteiger partial charge in [0.2, 0.25) is 5.88 Å². The summed E-state index contributed by atoms with van der Waals surface area (Å²) in [4.78, 5) is 8.49. The van der Waals surface area contributed by atoms with Crippen molar-refractivity contribution in [1.82, 2.24) is 10.3 Å². The van der Waals surface area contributed by atoms with Gasteiger partial charge in [-0.15, -0.1) is 0 Å². The van der Waals surface area contributed by atoms with Crippen molar-refractivity contribution in [3.63, 3.8) is 0 Å². The first kappa shape index (κ1) is 9.96. The number of pyridine rings is 1. The van der Waals surface area contributed by atoms with E-state index in [4.69, 9.17) is 4.74 Å². The van der Waals surface area contributed by atoms with Crippen LogP contribution in [-0.4, -0.2) is 24.5 Å². The normalized spacial score (nSPS) is 14.9. The van der Waals surface area contributed by atoms with Crippen molar-refractivity contribution in [2.24, 2.45) is 4.99 Å². The smallest absolute Gasteiger partial charge is 0.218 e. The minimum atomic E-state index is 0.684. The minimum absolute atomic E-state index is 0.684. The topological polar surface area (TPSA) is 46.5 Å². The van der Waals surface area contributed by atoms with Crippen LogP contribution < -0.4 is 10.1 Å². The van der Waals surface area contributed by atoms with Gasteiger partial charge in [-0.05, 0) is 12.5 Å². The van der Waals surface area contributed by atoms with Crippen LogP contribution in [0.15, 0.2) is 23.3 Å². The lowest BCUT2D eigenvalue weighted by Crippen LogP contribution is -2.21. The number of ether oxygens (including phenoxy) is 1. The molecule has 0 atom stereocenters. The van der Waals surface area contributed by atoms with Gasteiger partial charge in [-0.25, -0.2) is 4.98 Å². The zero-order valence-corrected chi connectivity index (χ0v) is 8.86. The second kappa shape index (κ2) is 4.77. The third-order valence-electron chi connectivity index (χ3n) is 2.40. The van der Waals surface area contributed by atoms with Crippen LogP contribution >= 0.6 is 0 Å². The third-order valence-corrected chi connectivity index (χ3v) is 2.40. The standard InChI is InChI=1S/C11H15N3O/c1-15-11-9(4-2-7-13-11)8-14-10-5-3-6-12-10/h2,4,7H,3,5-6,8H2,1H3,(H,12,14). The average molecular weight is 205 g/mol. The molecule has 0 spiro atoms. The molecule has 0 unspecified atom stereocenters. The Morgan fingerprint density at radius 3 is 3.20 bits per heavy atom. The molecular formula is C11H15N3O. The number of aliphatic imine (C=N–C) groups is 1. The number of rotatable bonds is 3. The maximum absolute atomic E-state index is 5.17. The molecule has 0 fully saturated rings. The van der Waals surface area contributed by atoms with Gasteiger partial charge >= 0.3 is 0 Å². The van der Waals surface area contributed by atoms with Crippen LogP contribution in [0.4, 0.5) is 0 Å². The van der Waals surface area contributed by atoms with Crippen LogP contribution in [0.5, 0.6) is 5.88 Å². The van der Waals surface area contributed by atoms with E-state index in [9.17, 15) is 0 Å². The second-order valence-electron chi connectivity index (χ2n) is 3.46. The number of aromatic nitrogens is 1. The number of hydrogen-bond donors (Lipinski definition) is 1. The molecule has 0 bridgehead atoms. The van der Waals surface area contributed by atoms with Crippen molar-refractivity contribution in [1.29, 1.82) is 0 Å². The van der Waals surface area contributed by atoms with E-state index in [1.165, 1.54) is 0 Å². The lowest BCUT2D eigenvalue weighted by Gasteiger charge is -2.08. The molecule has 1 aromatic heterocycles. The van der Waals surface area contributed by atoms with Crippen molar-refractivity contribution < 1.29 is 4.74 Å². The molecule has 1 aromatic rings. The van der Waals surface area contributed by atoms with Crippen LogP contribution in [0.2, 0.25) is 0 Å². The first-order chi connectivity index (χ1) is 7.40. The van der Waals surface area contributed by atoms with E-state index in [0.29, 0.717) is 5.88 Å². The van der Waals surface area contributed by atoms with Crippen LogP contribution in [0.1, 0.15) is 18.4 Å². The van der Waals surface area contributed by atoms with E-state index in [-0.39, 0.29) is 0 Å². The summed E-state index contributed by atoms with van der Waals surface area (Å²) in [6.45, 7) is 1.68. The molecule has 0 saturated heterocycles. The molecule has 0 saturated carbocycles. The third kappa shape index (κ3) is 2.46. The van der Waals surface area contributed by atoms with Crippen LogP contribution in [0.3, 0.4) is 0 Å². The highest BCUT2D eigenvalue weighted by molar-refractivity contribution is 5.83.